The van der Waals surface area contributed by atoms with Gasteiger partial charge in [0.2, 0.25) is 11.8 Å². The molecule has 0 bridgehead atoms. The molecule has 2 saturated carbocycles. The number of nitrogens with zero attached hydrogens (tertiary/aromatic N) is 2. The predicted octanol–water partition coefficient (Wildman–Crippen LogP) is 5.92. The van der Waals surface area contributed by atoms with Crippen LogP contribution < -0.4 is 0 Å². The minimum atomic E-state index is 0.326. The second-order valence-electron chi connectivity index (χ2n) is 9.86. The summed E-state index contributed by atoms with van der Waals surface area (Å²) in [6.45, 7) is 1.47. The van der Waals surface area contributed by atoms with Crippen molar-refractivity contribution in [3.8, 4) is 0 Å². The van der Waals surface area contributed by atoms with Gasteiger partial charge in [0.05, 0.1) is 12.1 Å². The van der Waals surface area contributed by atoms with E-state index < -0.39 is 0 Å². The van der Waals surface area contributed by atoms with Crippen LogP contribution in [0.15, 0.2) is 34.3 Å². The van der Waals surface area contributed by atoms with Crippen molar-refractivity contribution in [1.29, 1.82) is 0 Å². The number of hydrogen-bond acceptors (Lipinski definition) is 4. The first-order valence-electron chi connectivity index (χ1n) is 12.4. The topological polar surface area (TPSA) is 43.2 Å². The third-order valence-electron chi connectivity index (χ3n) is 7.44. The molecule has 30 heavy (non-hydrogen) atoms. The number of aliphatic imine (C=N–C) groups is 2. The van der Waals surface area contributed by atoms with Crippen LogP contribution in [0.1, 0.15) is 88.2 Å². The first-order valence-corrected chi connectivity index (χ1v) is 12.4. The maximum absolute atomic E-state index is 6.00. The molecule has 1 aromatic carbocycles. The summed E-state index contributed by atoms with van der Waals surface area (Å²) >= 11 is 0. The Morgan fingerprint density at radius 1 is 0.667 bits per heavy atom. The van der Waals surface area contributed by atoms with Gasteiger partial charge in [-0.3, -0.25) is 0 Å². The van der Waals surface area contributed by atoms with Crippen molar-refractivity contribution < 1.29 is 9.47 Å². The van der Waals surface area contributed by atoms with Crippen molar-refractivity contribution in [3.05, 3.63) is 35.4 Å². The fraction of sp³-hybridized carbons (Fsp3) is 0.692. The summed E-state index contributed by atoms with van der Waals surface area (Å²) in [5.74, 6) is 3.28. The molecule has 0 aromatic heterocycles. The lowest BCUT2D eigenvalue weighted by molar-refractivity contribution is 0.267. The molecule has 5 rings (SSSR count). The van der Waals surface area contributed by atoms with Crippen LogP contribution in [0, 0.1) is 11.8 Å². The Morgan fingerprint density at radius 3 is 1.60 bits per heavy atom. The highest BCUT2D eigenvalue weighted by Gasteiger charge is 2.27. The number of hydrogen-bond donors (Lipinski definition) is 0. The predicted molar refractivity (Wildman–Crippen MR) is 121 cm³/mol. The van der Waals surface area contributed by atoms with Crippen molar-refractivity contribution in [1.82, 2.24) is 0 Å². The van der Waals surface area contributed by atoms with Gasteiger partial charge in [-0.25, -0.2) is 9.98 Å². The molecule has 2 aliphatic carbocycles. The van der Waals surface area contributed by atoms with Crippen LogP contribution in [0.4, 0.5) is 0 Å². The molecule has 0 N–H and O–H groups in total. The quantitative estimate of drug-likeness (QED) is 0.586. The van der Waals surface area contributed by atoms with Crippen LogP contribution in [-0.2, 0) is 9.47 Å². The van der Waals surface area contributed by atoms with E-state index in [1.807, 2.05) is 0 Å². The first-order chi connectivity index (χ1) is 14.8. The summed E-state index contributed by atoms with van der Waals surface area (Å²) in [6.07, 6.45) is 16.2. The molecule has 4 nitrogen and oxygen atoms in total. The molecule has 0 saturated heterocycles. The average molecular weight is 409 g/mol. The minimum absolute atomic E-state index is 0.326. The van der Waals surface area contributed by atoms with E-state index in [0.717, 1.165) is 48.0 Å². The molecule has 1 aromatic rings. The lowest BCUT2D eigenvalue weighted by Gasteiger charge is -2.22. The van der Waals surface area contributed by atoms with Gasteiger partial charge in [0.1, 0.15) is 13.2 Å². The highest BCUT2D eigenvalue weighted by Crippen LogP contribution is 2.31. The van der Waals surface area contributed by atoms with Crippen molar-refractivity contribution >= 4 is 11.8 Å². The van der Waals surface area contributed by atoms with Crippen molar-refractivity contribution in [2.75, 3.05) is 13.2 Å². The highest BCUT2D eigenvalue weighted by atomic mass is 16.5. The zero-order valence-corrected chi connectivity index (χ0v) is 18.2. The molecule has 0 spiro atoms. The monoisotopic (exact) mass is 408 g/mol. The van der Waals surface area contributed by atoms with E-state index >= 15 is 0 Å². The average Bonchev–Trinajstić information content (AvgIpc) is 3.45. The summed E-state index contributed by atoms with van der Waals surface area (Å²) in [7, 11) is 0. The lowest BCUT2D eigenvalue weighted by Crippen LogP contribution is -2.15. The van der Waals surface area contributed by atoms with E-state index in [2.05, 4.69) is 24.3 Å². The fourth-order valence-electron chi connectivity index (χ4n) is 5.79. The largest absolute Gasteiger partial charge is 0.475 e. The van der Waals surface area contributed by atoms with Crippen LogP contribution >= 0.6 is 0 Å². The molecule has 2 aliphatic heterocycles. The van der Waals surface area contributed by atoms with E-state index in [1.165, 1.54) is 77.0 Å². The van der Waals surface area contributed by atoms with Gasteiger partial charge < -0.3 is 9.47 Å². The molecule has 0 radical (unpaired) electrons. The van der Waals surface area contributed by atoms with Gasteiger partial charge in [-0.05, 0) is 42.9 Å². The van der Waals surface area contributed by atoms with Gasteiger partial charge >= 0.3 is 0 Å². The summed E-state index contributed by atoms with van der Waals surface area (Å²) in [6, 6.07) is 9.06. The Morgan fingerprint density at radius 2 is 1.13 bits per heavy atom. The van der Waals surface area contributed by atoms with Gasteiger partial charge in [0.25, 0.3) is 0 Å². The first kappa shape index (κ1) is 20.1. The van der Waals surface area contributed by atoms with Gasteiger partial charge in [0.15, 0.2) is 0 Å². The van der Waals surface area contributed by atoms with Gasteiger partial charge in [-0.15, -0.1) is 0 Å². The van der Waals surface area contributed by atoms with Crippen LogP contribution in [0.25, 0.3) is 0 Å². The summed E-state index contributed by atoms with van der Waals surface area (Å²) in [5.41, 5.74) is 2.11. The number of ether oxygens (including phenoxy) is 2. The summed E-state index contributed by atoms with van der Waals surface area (Å²) in [5, 5.41) is 0. The Kier molecular flexibility index (Phi) is 6.38. The molecule has 2 fully saturated rings. The molecule has 0 amide bonds. The zero-order chi connectivity index (χ0) is 20.2. The molecule has 162 valence electrons. The Hall–Kier alpha value is -1.84. The van der Waals surface area contributed by atoms with Crippen molar-refractivity contribution in [3.63, 3.8) is 0 Å². The van der Waals surface area contributed by atoms with Crippen LogP contribution in [0.2, 0.25) is 0 Å². The highest BCUT2D eigenvalue weighted by molar-refractivity contribution is 6.00. The SMILES string of the molecule is c1cc(C2=N[C@@H](CC3CCCCC3)CO2)cc(C2=N[C@@H](CC3CCCCC3)CO2)c1. The Balaban J connectivity index is 1.22. The molecule has 2 atom stereocenters. The minimum Gasteiger partial charge on any atom is -0.475 e. The van der Waals surface area contributed by atoms with E-state index in [9.17, 15) is 0 Å². The van der Waals surface area contributed by atoms with Gasteiger partial charge in [-0.1, -0.05) is 70.3 Å². The second kappa shape index (κ2) is 9.53. The molecule has 2 heterocycles. The molecule has 4 heteroatoms. The van der Waals surface area contributed by atoms with Crippen LogP contribution in [-0.4, -0.2) is 37.1 Å². The fourth-order valence-corrected chi connectivity index (χ4v) is 5.79. The lowest BCUT2D eigenvalue weighted by atomic mass is 9.85. The number of benzene rings is 1. The zero-order valence-electron chi connectivity index (χ0n) is 18.2. The molecule has 0 unspecified atom stereocenters. The summed E-state index contributed by atoms with van der Waals surface area (Å²) in [4.78, 5) is 9.85. The third kappa shape index (κ3) is 4.90. The smallest absolute Gasteiger partial charge is 0.216 e. The normalized spacial score (nSPS) is 28.0. The Labute approximate surface area is 181 Å². The van der Waals surface area contributed by atoms with Crippen molar-refractivity contribution in [2.45, 2.75) is 89.1 Å². The van der Waals surface area contributed by atoms with E-state index in [-0.39, 0.29) is 0 Å². The maximum Gasteiger partial charge on any atom is 0.216 e. The molecule has 4 aliphatic rings. The van der Waals surface area contributed by atoms with Crippen molar-refractivity contribution in [2.24, 2.45) is 21.8 Å². The molecular formula is C26H36N2O2. The Bertz CT molecular complexity index is 714. The molecular weight excluding hydrogens is 372 g/mol. The van der Waals surface area contributed by atoms with Gasteiger partial charge in [-0.2, -0.15) is 0 Å². The van der Waals surface area contributed by atoms with Gasteiger partial charge in [0, 0.05) is 11.1 Å². The van der Waals surface area contributed by atoms with E-state index in [4.69, 9.17) is 19.5 Å². The third-order valence-corrected chi connectivity index (χ3v) is 7.44. The van der Waals surface area contributed by atoms with Crippen LogP contribution in [0.3, 0.4) is 0 Å². The maximum atomic E-state index is 6.00. The van der Waals surface area contributed by atoms with Crippen LogP contribution in [0.5, 0.6) is 0 Å². The standard InChI is InChI=1S/C26H36N2O2/c1-3-8-19(9-4-1)14-23-17-29-25(27-23)21-12-7-13-22(16-21)26-28-24(18-30-26)15-20-10-5-2-6-11-20/h7,12-13,16,19-20,23-24H,1-6,8-11,14-15,17-18H2/t23-,24-/m0/s1. The van der Waals surface area contributed by atoms with E-state index in [0.29, 0.717) is 12.1 Å². The second-order valence-corrected chi connectivity index (χ2v) is 9.86. The summed E-state index contributed by atoms with van der Waals surface area (Å²) < 4.78 is 12.0. The van der Waals surface area contributed by atoms with E-state index in [1.54, 1.807) is 0 Å². The number of rotatable bonds is 6.